The Kier molecular flexibility index (Phi) is 9.04. The number of benzene rings is 3. The van der Waals surface area contributed by atoms with E-state index in [1.807, 2.05) is 68.4 Å². The monoisotopic (exact) mass is 642 g/mol. The maximum absolute atomic E-state index is 14.4. The zero-order valence-corrected chi connectivity index (χ0v) is 27.6. The number of nitrogens with zero attached hydrogens (tertiary/aromatic N) is 2. The summed E-state index contributed by atoms with van der Waals surface area (Å²) in [4.78, 5) is 14.2. The molecule has 2 fully saturated rings. The van der Waals surface area contributed by atoms with E-state index in [0.717, 1.165) is 42.7 Å². The van der Waals surface area contributed by atoms with Crippen LogP contribution in [0.5, 0.6) is 11.5 Å². The number of hydrogen-bond acceptors (Lipinski definition) is 6. The zero-order valence-electron chi connectivity index (χ0n) is 26.7. The van der Waals surface area contributed by atoms with Gasteiger partial charge < -0.3 is 19.5 Å². The second-order valence-electron chi connectivity index (χ2n) is 13.0. The largest absolute Gasteiger partial charge is 0.491 e. The van der Waals surface area contributed by atoms with Gasteiger partial charge in [-0.1, -0.05) is 61.4 Å². The van der Waals surface area contributed by atoms with Crippen molar-refractivity contribution in [3.8, 4) is 23.3 Å². The molecule has 3 aromatic rings. The molecule has 1 atom stereocenters. The van der Waals surface area contributed by atoms with Gasteiger partial charge in [0.25, 0.3) is 0 Å². The highest BCUT2D eigenvalue weighted by molar-refractivity contribution is 7.89. The van der Waals surface area contributed by atoms with Crippen molar-refractivity contribution < 1.29 is 27.8 Å². The minimum atomic E-state index is -3.94. The summed E-state index contributed by atoms with van der Waals surface area (Å²) in [5.41, 5.74) is 1.53. The lowest BCUT2D eigenvalue weighted by atomic mass is 9.83. The average molecular weight is 643 g/mol. The summed E-state index contributed by atoms with van der Waals surface area (Å²) in [6.45, 7) is 4.63. The van der Waals surface area contributed by atoms with E-state index in [2.05, 4.69) is 16.7 Å². The number of carboxylic acids is 1. The Morgan fingerprint density at radius 3 is 2.43 bits per heavy atom. The number of para-hydroxylation sites is 1. The molecule has 0 aromatic heterocycles. The molecular formula is C37H42N2O6S. The fourth-order valence-corrected chi connectivity index (χ4v) is 8.19. The van der Waals surface area contributed by atoms with Crippen LogP contribution in [0.1, 0.15) is 69.9 Å². The SMILES string of the molecule is CC(C)Oc1cccc(COc2cc3c(cc2C#CC2(C(=O)O)CC2)S(=O)(=O)N(C)[C@H](C2CCCCC2)CN3c2ccccc2)c1. The van der Waals surface area contributed by atoms with Gasteiger partial charge in [0.15, 0.2) is 0 Å². The van der Waals surface area contributed by atoms with Gasteiger partial charge in [-0.25, -0.2) is 8.42 Å². The van der Waals surface area contributed by atoms with Crippen LogP contribution in [-0.2, 0) is 21.4 Å². The molecule has 0 unspecified atom stereocenters. The lowest BCUT2D eigenvalue weighted by molar-refractivity contribution is -0.141. The summed E-state index contributed by atoms with van der Waals surface area (Å²) in [6.07, 6.45) is 6.30. The molecule has 46 heavy (non-hydrogen) atoms. The highest BCUT2D eigenvalue weighted by atomic mass is 32.2. The highest BCUT2D eigenvalue weighted by Crippen LogP contribution is 2.46. The predicted octanol–water partition coefficient (Wildman–Crippen LogP) is 6.99. The molecule has 0 bridgehead atoms. The Hall–Kier alpha value is -4.00. The van der Waals surface area contributed by atoms with Crippen molar-refractivity contribution in [3.05, 3.63) is 77.9 Å². The van der Waals surface area contributed by atoms with Crippen LogP contribution in [0.4, 0.5) is 11.4 Å². The van der Waals surface area contributed by atoms with Gasteiger partial charge in [-0.05, 0) is 81.3 Å². The maximum atomic E-state index is 14.4. The van der Waals surface area contributed by atoms with Crippen molar-refractivity contribution in [1.29, 1.82) is 0 Å². The normalized spacial score (nSPS) is 20.6. The van der Waals surface area contributed by atoms with Crippen LogP contribution in [0, 0.1) is 23.2 Å². The fraction of sp³-hybridized carbons (Fsp3) is 0.432. The first kappa shape index (κ1) is 32.0. The molecule has 6 rings (SSSR count). The molecule has 1 aliphatic heterocycles. The molecule has 2 aliphatic carbocycles. The third kappa shape index (κ3) is 6.60. The van der Waals surface area contributed by atoms with E-state index >= 15 is 0 Å². The molecule has 0 saturated heterocycles. The van der Waals surface area contributed by atoms with Gasteiger partial charge in [-0.2, -0.15) is 4.31 Å². The summed E-state index contributed by atoms with van der Waals surface area (Å²) in [5.74, 6) is 6.40. The number of aliphatic carboxylic acids is 1. The molecular weight excluding hydrogens is 600 g/mol. The molecule has 2 saturated carbocycles. The number of carbonyl (C=O) groups is 1. The van der Waals surface area contributed by atoms with Gasteiger partial charge >= 0.3 is 5.97 Å². The van der Waals surface area contributed by atoms with Gasteiger partial charge in [0, 0.05) is 31.4 Å². The maximum Gasteiger partial charge on any atom is 0.321 e. The minimum Gasteiger partial charge on any atom is -0.491 e. The Morgan fingerprint density at radius 1 is 1.02 bits per heavy atom. The number of hydrogen-bond donors (Lipinski definition) is 1. The average Bonchev–Trinajstić information content (AvgIpc) is 3.86. The van der Waals surface area contributed by atoms with Crippen LogP contribution < -0.4 is 14.4 Å². The molecule has 3 aromatic carbocycles. The first-order valence-corrected chi connectivity index (χ1v) is 17.6. The lowest BCUT2D eigenvalue weighted by Crippen LogP contribution is -2.46. The number of ether oxygens (including phenoxy) is 2. The van der Waals surface area contributed by atoms with Crippen LogP contribution >= 0.6 is 0 Å². The molecule has 0 spiro atoms. The molecule has 1 N–H and O–H groups in total. The Labute approximate surface area is 272 Å². The topological polar surface area (TPSA) is 96.4 Å². The summed E-state index contributed by atoms with van der Waals surface area (Å²) < 4.78 is 42.7. The second-order valence-corrected chi connectivity index (χ2v) is 15.0. The van der Waals surface area contributed by atoms with Crippen molar-refractivity contribution in [3.63, 3.8) is 0 Å². The quantitative estimate of drug-likeness (QED) is 0.265. The first-order valence-electron chi connectivity index (χ1n) is 16.2. The summed E-state index contributed by atoms with van der Waals surface area (Å²) in [5, 5.41) is 9.80. The Balaban J connectivity index is 1.47. The number of sulfonamides is 1. The van der Waals surface area contributed by atoms with Crippen LogP contribution in [-0.4, -0.2) is 49.5 Å². The van der Waals surface area contributed by atoms with Crippen LogP contribution in [0.2, 0.25) is 0 Å². The predicted molar refractivity (Wildman–Crippen MR) is 178 cm³/mol. The number of fused-ring (bicyclic) bond motifs is 1. The van der Waals surface area contributed by atoms with Crippen molar-refractivity contribution in [2.24, 2.45) is 11.3 Å². The van der Waals surface area contributed by atoms with Crippen molar-refractivity contribution >= 4 is 27.4 Å². The summed E-state index contributed by atoms with van der Waals surface area (Å²) in [6, 6.07) is 20.7. The van der Waals surface area contributed by atoms with Gasteiger partial charge in [0.1, 0.15) is 28.4 Å². The Morgan fingerprint density at radius 2 is 1.76 bits per heavy atom. The fourth-order valence-electron chi connectivity index (χ4n) is 6.58. The Bertz CT molecular complexity index is 1750. The van der Waals surface area contributed by atoms with E-state index in [0.29, 0.717) is 36.4 Å². The highest BCUT2D eigenvalue weighted by Gasteiger charge is 2.49. The second kappa shape index (κ2) is 13.0. The van der Waals surface area contributed by atoms with Crippen LogP contribution in [0.25, 0.3) is 0 Å². The lowest BCUT2D eigenvalue weighted by Gasteiger charge is -2.36. The molecule has 242 valence electrons. The molecule has 9 heteroatoms. The van der Waals surface area contributed by atoms with E-state index in [1.54, 1.807) is 23.5 Å². The first-order chi connectivity index (χ1) is 22.1. The van der Waals surface area contributed by atoms with E-state index in [9.17, 15) is 18.3 Å². The van der Waals surface area contributed by atoms with Crippen molar-refractivity contribution in [1.82, 2.24) is 4.31 Å². The summed E-state index contributed by atoms with van der Waals surface area (Å²) in [7, 11) is -2.25. The van der Waals surface area contributed by atoms with E-state index in [4.69, 9.17) is 9.47 Å². The molecule has 3 aliphatic rings. The van der Waals surface area contributed by atoms with Crippen LogP contribution in [0.3, 0.4) is 0 Å². The number of rotatable bonds is 8. The van der Waals surface area contributed by atoms with Gasteiger partial charge in [-0.15, -0.1) is 0 Å². The third-order valence-corrected chi connectivity index (χ3v) is 11.3. The van der Waals surface area contributed by atoms with Crippen molar-refractivity contribution in [2.75, 3.05) is 18.5 Å². The molecule has 0 radical (unpaired) electrons. The number of anilines is 2. The third-order valence-electron chi connectivity index (χ3n) is 9.37. The van der Waals surface area contributed by atoms with E-state index < -0.39 is 21.4 Å². The molecule has 0 amide bonds. The minimum absolute atomic E-state index is 0.0214. The molecule has 8 nitrogen and oxygen atoms in total. The molecule has 1 heterocycles. The summed E-state index contributed by atoms with van der Waals surface area (Å²) >= 11 is 0. The smallest absolute Gasteiger partial charge is 0.321 e. The van der Waals surface area contributed by atoms with Crippen LogP contribution in [0.15, 0.2) is 71.6 Å². The van der Waals surface area contributed by atoms with Gasteiger partial charge in [-0.3, -0.25) is 4.79 Å². The number of likely N-dealkylation sites (N-methyl/N-ethyl adjacent to an activating group) is 1. The van der Waals surface area contributed by atoms with E-state index in [-0.39, 0.29) is 29.6 Å². The van der Waals surface area contributed by atoms with Crippen molar-refractivity contribution in [2.45, 2.75) is 82.4 Å². The number of carboxylic acid groups (broad SMARTS) is 1. The zero-order chi connectivity index (χ0) is 32.5. The van der Waals surface area contributed by atoms with Gasteiger partial charge in [0.2, 0.25) is 10.0 Å². The standard InChI is InChI=1S/C37H42N2O6S/c1-26(2)45-31-16-10-11-27(21-31)25-44-34-23-32-35(22-29(34)17-18-37(19-20-37)36(40)41)46(42,43)38(3)33(28-12-6-4-7-13-28)24-39(32)30-14-8-5-9-15-30/h5,8-11,14-16,21-23,26,28,33H,4,6-7,12-13,19-20,24-25H2,1-3H3,(H,40,41)/t33-/m0/s1. The van der Waals surface area contributed by atoms with Gasteiger partial charge in [0.05, 0.1) is 17.4 Å². The van der Waals surface area contributed by atoms with E-state index in [1.165, 1.54) is 6.42 Å².